The number of hydrogen-bond acceptors (Lipinski definition) is 6. The quantitative estimate of drug-likeness (QED) is 0.188. The molecule has 7 saturated carbocycles. The number of carbonyl (C=O) groups is 2. The van der Waals surface area contributed by atoms with Crippen LogP contribution in [0, 0.1) is 89.8 Å². The number of allylic oxidation sites excluding steroid dienone is 2. The first-order chi connectivity index (χ1) is 23.9. The van der Waals surface area contributed by atoms with E-state index < -0.39 is 11.6 Å². The number of ether oxygens (including phenoxy) is 4. The number of ketones is 2. The molecule has 8 heteroatoms. The third-order valence-electron chi connectivity index (χ3n) is 18.2. The summed E-state index contributed by atoms with van der Waals surface area (Å²) in [5.41, 5.74) is 0.369. The molecule has 0 bridgehead atoms. The molecule has 310 valence electrons. The molecular weight excluding hydrogens is 731 g/mol. The summed E-state index contributed by atoms with van der Waals surface area (Å²) in [6, 6.07) is 0. The summed E-state index contributed by atoms with van der Waals surface area (Å²) in [4.78, 5) is 25.6. The number of Topliss-reactive ketones (excluding diaryl/α,β-unsaturated/α-hetero) is 1. The van der Waals surface area contributed by atoms with Gasteiger partial charge in [-0.1, -0.05) is 66.4 Å². The fourth-order valence-electron chi connectivity index (χ4n) is 16.0. The molecule has 0 spiro atoms. The predicted octanol–water partition coefficient (Wildman–Crippen LogP) is 7.38. The molecule has 0 aromatic rings. The topological polar surface area (TPSA) is 71.1 Å². The van der Waals surface area contributed by atoms with Crippen molar-refractivity contribution in [3.63, 3.8) is 0 Å². The van der Waals surface area contributed by atoms with Gasteiger partial charge in [-0.25, -0.2) is 0 Å². The summed E-state index contributed by atoms with van der Waals surface area (Å²) >= 11 is 0. The van der Waals surface area contributed by atoms with Gasteiger partial charge in [0.05, 0.1) is 24.4 Å². The molecule has 0 amide bonds. The zero-order valence-electron chi connectivity index (χ0n) is 36.6. The summed E-state index contributed by atoms with van der Waals surface area (Å²) in [6.07, 6.45) is 20.7. The first-order valence-corrected chi connectivity index (χ1v) is 21.4. The Morgan fingerprint density at radius 1 is 0.582 bits per heavy atom. The molecular formula is C47H74CuLiO6. The van der Waals surface area contributed by atoms with Crippen LogP contribution in [-0.2, 0) is 45.6 Å². The van der Waals surface area contributed by atoms with Gasteiger partial charge in [-0.05, 0) is 149 Å². The fraction of sp³-hybridized carbons (Fsp3) is 0.872. The third-order valence-corrected chi connectivity index (χ3v) is 18.2. The number of rotatable bonds is 0. The van der Waals surface area contributed by atoms with E-state index in [9.17, 15) is 9.59 Å². The summed E-state index contributed by atoms with van der Waals surface area (Å²) in [7, 11) is 0. The number of fused-ring (bicyclic) bond motifs is 16. The van der Waals surface area contributed by atoms with Crippen molar-refractivity contribution in [2.45, 2.75) is 182 Å². The van der Waals surface area contributed by atoms with Gasteiger partial charge in [-0.15, -0.1) is 0 Å². The van der Waals surface area contributed by atoms with E-state index in [0.717, 1.165) is 19.3 Å². The largest absolute Gasteiger partial charge is 1.00 e. The first kappa shape index (κ1) is 46.1. The summed E-state index contributed by atoms with van der Waals surface area (Å²) in [5.74, 6) is 4.64. The molecule has 6 nitrogen and oxygen atoms in total. The Kier molecular flexibility index (Phi) is 12.7. The second-order valence-electron chi connectivity index (χ2n) is 21.5. The van der Waals surface area contributed by atoms with Crippen LogP contribution in [0.4, 0.5) is 0 Å². The summed E-state index contributed by atoms with van der Waals surface area (Å²) < 4.78 is 26.2. The molecule has 2 heterocycles. The molecule has 0 aromatic carbocycles. The Morgan fingerprint density at radius 2 is 1.04 bits per heavy atom. The van der Waals surface area contributed by atoms with Crippen molar-refractivity contribution in [3.05, 3.63) is 27.0 Å². The van der Waals surface area contributed by atoms with E-state index in [-0.39, 0.29) is 86.0 Å². The van der Waals surface area contributed by atoms with Gasteiger partial charge < -0.3 is 33.8 Å². The van der Waals surface area contributed by atoms with Crippen molar-refractivity contribution in [1.29, 1.82) is 0 Å². The summed E-state index contributed by atoms with van der Waals surface area (Å²) in [5, 5.41) is 0. The minimum absolute atomic E-state index is 0. The van der Waals surface area contributed by atoms with Crippen LogP contribution in [0.25, 0.3) is 0 Å². The average molecular weight is 806 g/mol. The van der Waals surface area contributed by atoms with Crippen molar-refractivity contribution in [2.24, 2.45) is 74.9 Å². The molecule has 10 rings (SSSR count). The van der Waals surface area contributed by atoms with E-state index in [0.29, 0.717) is 75.7 Å². The molecule has 2 aliphatic heterocycles. The minimum Gasteiger partial charge on any atom is -0.358 e. The van der Waals surface area contributed by atoms with Gasteiger partial charge in [0, 0.05) is 17.3 Å². The number of carbonyl (C=O) groups excluding carboxylic acids is 2. The van der Waals surface area contributed by atoms with E-state index in [1.165, 1.54) is 64.2 Å². The molecule has 0 N–H and O–H groups in total. The molecule has 55 heavy (non-hydrogen) atoms. The van der Waals surface area contributed by atoms with Crippen LogP contribution in [0.2, 0.25) is 0 Å². The Morgan fingerprint density at radius 3 is 1.56 bits per heavy atom. The molecule has 9 unspecified atom stereocenters. The summed E-state index contributed by atoms with van der Waals surface area (Å²) in [6.45, 7) is 20.2. The minimum atomic E-state index is -0.497. The SMILES string of the molecule is CC1(C)O[C@@H]2C3C(CC[C@]4(C)C(=O)C=CC34)[C@@]3(C)CCCCC3[C@H]2O1.CC1CC(=O)[C@@]2(C)CCC3C(C12)[C@H]1OC(C)(C)O[C@@H]1C1CCCC[C@]31C.[CH3-].[CH3-].[Cu+].[Li+]. The maximum absolute atomic E-state index is 12.9. The first-order valence-electron chi connectivity index (χ1n) is 21.4. The molecule has 0 aromatic heterocycles. The van der Waals surface area contributed by atoms with Crippen LogP contribution in [0.15, 0.2) is 12.2 Å². The zero-order valence-corrected chi connectivity index (χ0v) is 37.5. The Balaban J connectivity index is 0.000000197. The van der Waals surface area contributed by atoms with Gasteiger partial charge in [-0.3, -0.25) is 9.59 Å². The van der Waals surface area contributed by atoms with Gasteiger partial charge in [-0.2, -0.15) is 0 Å². The van der Waals surface area contributed by atoms with E-state index in [4.69, 9.17) is 18.9 Å². The molecule has 0 radical (unpaired) electrons. The van der Waals surface area contributed by atoms with Crippen molar-refractivity contribution in [2.75, 3.05) is 0 Å². The van der Waals surface area contributed by atoms with Gasteiger partial charge in [0.25, 0.3) is 0 Å². The second-order valence-corrected chi connectivity index (χ2v) is 21.5. The molecule has 2 saturated heterocycles. The average Bonchev–Trinajstić information content (AvgIpc) is 3.74. The molecule has 9 fully saturated rings. The Labute approximate surface area is 357 Å². The van der Waals surface area contributed by atoms with Crippen molar-refractivity contribution < 1.29 is 64.5 Å². The predicted molar refractivity (Wildman–Crippen MR) is 209 cm³/mol. The van der Waals surface area contributed by atoms with Gasteiger partial charge in [0.15, 0.2) is 17.4 Å². The van der Waals surface area contributed by atoms with Crippen LogP contribution in [0.1, 0.15) is 146 Å². The van der Waals surface area contributed by atoms with Crippen molar-refractivity contribution in [3.8, 4) is 0 Å². The van der Waals surface area contributed by atoms with Gasteiger partial charge in [0.2, 0.25) is 0 Å². The third kappa shape index (κ3) is 6.59. The van der Waals surface area contributed by atoms with Gasteiger partial charge in [0.1, 0.15) is 5.78 Å². The van der Waals surface area contributed by atoms with E-state index in [1.807, 2.05) is 6.08 Å². The maximum atomic E-state index is 12.9. The molecule has 17 atom stereocenters. The van der Waals surface area contributed by atoms with E-state index >= 15 is 0 Å². The van der Waals surface area contributed by atoms with Crippen LogP contribution < -0.4 is 18.9 Å². The van der Waals surface area contributed by atoms with Crippen molar-refractivity contribution in [1.82, 2.24) is 0 Å². The Hall–Kier alpha value is 0.0369. The fourth-order valence-corrected chi connectivity index (χ4v) is 16.0. The van der Waals surface area contributed by atoms with Crippen molar-refractivity contribution >= 4 is 11.6 Å². The van der Waals surface area contributed by atoms with Crippen LogP contribution in [0.3, 0.4) is 0 Å². The standard InChI is InChI=1S/C23H36O3.C22H32O3.2CH3.Cu.Li/c1-13-12-16(24)23(5)11-9-14-17(18(13)23)20-19(25-21(2,3)26-20)15-8-6-7-10-22(14,15)4;1-20(2)24-18-15-7-5-6-11-21(15,3)14-10-12-22(4)13(8-9-16(22)23)17(14)19(18)25-20;;;;/h13-15,17-20H,6-12H2,1-5H3;8-9,13-15,17-19H,5-7,10-12H2,1-4H3;2*1H3;;/q;;2*-1;2*+1/t13?,14?,15?,17?,18?,19-,20-,22-,23-;13?,14?,15?,17?,18-,19-,21-,22+;;;;/m11..../s1. The monoisotopic (exact) mass is 804 g/mol. The second kappa shape index (κ2) is 15.2. The maximum Gasteiger partial charge on any atom is 1.00 e. The van der Waals surface area contributed by atoms with E-state index in [2.05, 4.69) is 68.4 Å². The van der Waals surface area contributed by atoms with E-state index in [1.54, 1.807) is 0 Å². The van der Waals surface area contributed by atoms with Crippen LogP contribution in [0.5, 0.6) is 0 Å². The Bertz CT molecular complexity index is 1500. The van der Waals surface area contributed by atoms with Gasteiger partial charge >= 0.3 is 35.9 Å². The molecule has 10 aliphatic rings. The smallest absolute Gasteiger partial charge is 0.358 e. The van der Waals surface area contributed by atoms with Crippen LogP contribution >= 0.6 is 0 Å². The zero-order chi connectivity index (χ0) is 36.1. The molecule has 8 aliphatic carbocycles. The number of hydrogen-bond donors (Lipinski definition) is 0. The van der Waals surface area contributed by atoms with Crippen LogP contribution in [-0.4, -0.2) is 47.6 Å². The normalized spacial score (nSPS) is 52.9.